The Hall–Kier alpha value is -2.55. The average molecular weight is 520 g/mol. The highest BCUT2D eigenvalue weighted by Gasteiger charge is 2.26. The summed E-state index contributed by atoms with van der Waals surface area (Å²) in [6.45, 7) is 8.56. The van der Waals surface area contributed by atoms with Gasteiger partial charge in [0.1, 0.15) is 0 Å². The van der Waals surface area contributed by atoms with Gasteiger partial charge in [0.15, 0.2) is 11.0 Å². The summed E-state index contributed by atoms with van der Waals surface area (Å²) in [5.74, 6) is 0.466. The second-order valence-corrected chi connectivity index (χ2v) is 9.90. The Bertz CT molecular complexity index is 1180. The molecule has 34 heavy (non-hydrogen) atoms. The zero-order valence-electron chi connectivity index (χ0n) is 19.4. The summed E-state index contributed by atoms with van der Waals surface area (Å²) < 4.78 is 1.93. The minimum Gasteiger partial charge on any atom is -0.342 e. The molecule has 0 spiro atoms. The van der Waals surface area contributed by atoms with E-state index in [0.29, 0.717) is 38.8 Å². The van der Waals surface area contributed by atoms with Gasteiger partial charge in [0.2, 0.25) is 5.91 Å². The van der Waals surface area contributed by atoms with E-state index >= 15 is 0 Å². The lowest BCUT2D eigenvalue weighted by molar-refractivity contribution is -0.113. The van der Waals surface area contributed by atoms with Crippen LogP contribution in [-0.2, 0) is 11.3 Å². The Morgan fingerprint density at radius 3 is 2.53 bits per heavy atom. The molecule has 180 valence electrons. The van der Waals surface area contributed by atoms with Gasteiger partial charge < -0.3 is 15.2 Å². The van der Waals surface area contributed by atoms with Gasteiger partial charge in [-0.15, -0.1) is 10.2 Å². The molecule has 0 saturated carbocycles. The maximum Gasteiger partial charge on any atom is 0.251 e. The number of anilines is 1. The highest BCUT2D eigenvalue weighted by atomic mass is 35.5. The molecule has 3 aromatic rings. The van der Waals surface area contributed by atoms with Crippen molar-refractivity contribution >= 4 is 52.5 Å². The van der Waals surface area contributed by atoms with Gasteiger partial charge in [-0.3, -0.25) is 9.59 Å². The van der Waals surface area contributed by atoms with E-state index in [1.54, 1.807) is 24.3 Å². The van der Waals surface area contributed by atoms with Crippen molar-refractivity contribution < 1.29 is 9.59 Å². The van der Waals surface area contributed by atoms with Crippen molar-refractivity contribution in [2.24, 2.45) is 5.92 Å². The number of amides is 2. The summed E-state index contributed by atoms with van der Waals surface area (Å²) in [6.07, 6.45) is 0. The van der Waals surface area contributed by atoms with Gasteiger partial charge in [-0.1, -0.05) is 66.5 Å². The second kappa shape index (κ2) is 11.7. The molecule has 0 aliphatic rings. The molecule has 1 atom stereocenters. The standard InChI is InChI=1S/C24H27Cl2N5O2S/c1-5-31-22(21(14(2)3)28-23(33)16-8-6-7-15(4)11-16)29-30-24(31)34-13-20(32)27-19-10-9-17(25)12-18(19)26/h6-12,14,21H,5,13H2,1-4H3,(H,27,32)(H,28,33)/t21-/m1/s1. The first kappa shape index (κ1) is 26.1. The van der Waals surface area contributed by atoms with Crippen LogP contribution in [0.4, 0.5) is 5.69 Å². The third kappa shape index (κ3) is 6.52. The minimum absolute atomic E-state index is 0.0801. The quantitative estimate of drug-likeness (QED) is 0.350. The number of nitrogens with one attached hydrogen (secondary N) is 2. The molecule has 0 aliphatic carbocycles. The van der Waals surface area contributed by atoms with Crippen molar-refractivity contribution in [1.82, 2.24) is 20.1 Å². The van der Waals surface area contributed by atoms with Crippen LogP contribution in [0.25, 0.3) is 0 Å². The Morgan fingerprint density at radius 2 is 1.88 bits per heavy atom. The van der Waals surface area contributed by atoms with Crippen molar-refractivity contribution in [3.8, 4) is 0 Å². The lowest BCUT2D eigenvalue weighted by Gasteiger charge is -2.22. The molecular weight excluding hydrogens is 493 g/mol. The van der Waals surface area contributed by atoms with Gasteiger partial charge in [-0.2, -0.15) is 0 Å². The molecule has 2 N–H and O–H groups in total. The number of aryl methyl sites for hydroxylation is 1. The Morgan fingerprint density at radius 1 is 1.12 bits per heavy atom. The van der Waals surface area contributed by atoms with Crippen LogP contribution in [0.3, 0.4) is 0 Å². The summed E-state index contributed by atoms with van der Waals surface area (Å²) >= 11 is 13.3. The van der Waals surface area contributed by atoms with E-state index in [4.69, 9.17) is 23.2 Å². The molecule has 10 heteroatoms. The van der Waals surface area contributed by atoms with Crippen LogP contribution >= 0.6 is 35.0 Å². The van der Waals surface area contributed by atoms with E-state index in [1.807, 2.05) is 50.5 Å². The van der Waals surface area contributed by atoms with Crippen LogP contribution in [0, 0.1) is 12.8 Å². The van der Waals surface area contributed by atoms with Gasteiger partial charge >= 0.3 is 0 Å². The average Bonchev–Trinajstić information content (AvgIpc) is 3.20. The number of hydrogen-bond donors (Lipinski definition) is 2. The molecular formula is C24H27Cl2N5O2S. The third-order valence-electron chi connectivity index (χ3n) is 5.11. The second-order valence-electron chi connectivity index (χ2n) is 8.11. The van der Waals surface area contributed by atoms with Crippen molar-refractivity contribution in [2.45, 2.75) is 45.4 Å². The third-order valence-corrected chi connectivity index (χ3v) is 6.63. The largest absolute Gasteiger partial charge is 0.342 e. The molecule has 2 amide bonds. The first-order chi connectivity index (χ1) is 16.2. The number of nitrogens with zero attached hydrogens (tertiary/aromatic N) is 3. The number of benzene rings is 2. The summed E-state index contributed by atoms with van der Waals surface area (Å²) in [6, 6.07) is 12.0. The fourth-order valence-electron chi connectivity index (χ4n) is 3.38. The molecule has 0 unspecified atom stereocenters. The highest BCUT2D eigenvalue weighted by molar-refractivity contribution is 7.99. The van der Waals surface area contributed by atoms with E-state index in [1.165, 1.54) is 11.8 Å². The maximum atomic E-state index is 12.9. The monoisotopic (exact) mass is 519 g/mol. The maximum absolute atomic E-state index is 12.9. The van der Waals surface area contributed by atoms with Crippen LogP contribution in [0.15, 0.2) is 47.6 Å². The lowest BCUT2D eigenvalue weighted by atomic mass is 10.0. The summed E-state index contributed by atoms with van der Waals surface area (Å²) in [4.78, 5) is 25.3. The molecule has 1 aromatic heterocycles. The molecule has 1 heterocycles. The zero-order valence-corrected chi connectivity index (χ0v) is 21.8. The van der Waals surface area contributed by atoms with E-state index in [2.05, 4.69) is 20.8 Å². The minimum atomic E-state index is -0.337. The van der Waals surface area contributed by atoms with E-state index in [0.717, 1.165) is 5.56 Å². The van der Waals surface area contributed by atoms with Crippen molar-refractivity contribution in [2.75, 3.05) is 11.1 Å². The topological polar surface area (TPSA) is 88.9 Å². The Kier molecular flexibility index (Phi) is 8.99. The van der Waals surface area contributed by atoms with E-state index < -0.39 is 0 Å². The Labute approximate surface area is 213 Å². The summed E-state index contributed by atoms with van der Waals surface area (Å²) in [5.41, 5.74) is 2.11. The van der Waals surface area contributed by atoms with Crippen molar-refractivity contribution in [3.63, 3.8) is 0 Å². The molecule has 0 saturated heterocycles. The van der Waals surface area contributed by atoms with Crippen LogP contribution in [0.2, 0.25) is 10.0 Å². The number of hydrogen-bond acceptors (Lipinski definition) is 5. The molecule has 0 fully saturated rings. The molecule has 2 aromatic carbocycles. The molecule has 7 nitrogen and oxygen atoms in total. The summed E-state index contributed by atoms with van der Waals surface area (Å²) in [7, 11) is 0. The molecule has 0 radical (unpaired) electrons. The number of rotatable bonds is 9. The zero-order chi connectivity index (χ0) is 24.8. The predicted molar refractivity (Wildman–Crippen MR) is 138 cm³/mol. The van der Waals surface area contributed by atoms with Gasteiger partial charge in [0.25, 0.3) is 5.91 Å². The van der Waals surface area contributed by atoms with Gasteiger partial charge in [-0.25, -0.2) is 0 Å². The predicted octanol–water partition coefficient (Wildman–Crippen LogP) is 5.77. The van der Waals surface area contributed by atoms with E-state index in [-0.39, 0.29) is 29.5 Å². The number of carbonyl (C=O) groups is 2. The fraction of sp³-hybridized carbons (Fsp3) is 0.333. The highest BCUT2D eigenvalue weighted by Crippen LogP contribution is 2.27. The number of thioether (sulfide) groups is 1. The van der Waals surface area contributed by atoms with Crippen LogP contribution in [0.1, 0.15) is 48.6 Å². The van der Waals surface area contributed by atoms with Gasteiger partial charge in [0, 0.05) is 17.1 Å². The number of halogens is 2. The van der Waals surface area contributed by atoms with Crippen LogP contribution < -0.4 is 10.6 Å². The van der Waals surface area contributed by atoms with Crippen LogP contribution in [0.5, 0.6) is 0 Å². The Balaban J connectivity index is 1.72. The summed E-state index contributed by atoms with van der Waals surface area (Å²) in [5, 5.41) is 16.0. The van der Waals surface area contributed by atoms with Gasteiger partial charge in [-0.05, 0) is 50.1 Å². The fourth-order valence-corrected chi connectivity index (χ4v) is 4.65. The first-order valence-electron chi connectivity index (χ1n) is 10.9. The lowest BCUT2D eigenvalue weighted by Crippen LogP contribution is -2.33. The molecule has 3 rings (SSSR count). The smallest absolute Gasteiger partial charge is 0.251 e. The van der Waals surface area contributed by atoms with Gasteiger partial charge in [0.05, 0.1) is 22.5 Å². The van der Waals surface area contributed by atoms with Crippen molar-refractivity contribution in [3.05, 3.63) is 69.5 Å². The molecule has 0 bridgehead atoms. The van der Waals surface area contributed by atoms with Crippen LogP contribution in [-0.4, -0.2) is 32.3 Å². The van der Waals surface area contributed by atoms with E-state index in [9.17, 15) is 9.59 Å². The number of aromatic nitrogens is 3. The normalized spacial score (nSPS) is 12.0. The SMILES string of the molecule is CCn1c(SCC(=O)Nc2ccc(Cl)cc2Cl)nnc1[C@H](NC(=O)c1cccc(C)c1)C(C)C. The molecule has 0 aliphatic heterocycles. The number of carbonyl (C=O) groups excluding carboxylic acids is 2. The first-order valence-corrected chi connectivity index (χ1v) is 12.6. The van der Waals surface area contributed by atoms with Crippen molar-refractivity contribution in [1.29, 1.82) is 0 Å².